The first-order valence-electron chi connectivity index (χ1n) is 8.78. The van der Waals surface area contributed by atoms with Crippen LogP contribution in [0.5, 0.6) is 0 Å². The first kappa shape index (κ1) is 12.2. The Kier molecular flexibility index (Phi) is 3.17. The van der Waals surface area contributed by atoms with Crippen molar-refractivity contribution in [2.75, 3.05) is 19.6 Å². The van der Waals surface area contributed by atoms with Gasteiger partial charge < -0.3 is 10.2 Å². The molecule has 4 aliphatic rings. The van der Waals surface area contributed by atoms with Crippen LogP contribution in [0.2, 0.25) is 0 Å². The maximum absolute atomic E-state index is 12.9. The summed E-state index contributed by atoms with van der Waals surface area (Å²) in [6, 6.07) is 7.53. The largest absolute Gasteiger partial charge is 0.351 e. The molecule has 3 aliphatic heterocycles. The van der Waals surface area contributed by atoms with E-state index in [1.165, 1.54) is 11.1 Å². The molecule has 1 N–H and O–H groups in total. The molecule has 5 rings (SSSR count). The summed E-state index contributed by atoms with van der Waals surface area (Å²) in [7, 11) is 0. The van der Waals surface area contributed by atoms with Crippen LogP contribution in [0, 0.1) is 5.92 Å². The average Bonchev–Trinajstić information content (AvgIpc) is 2.54. The number of carbonyl (C=O) groups excluding carboxylic acids is 1. The van der Waals surface area contributed by atoms with Gasteiger partial charge in [0.2, 0.25) is 5.91 Å². The number of nitrogens with one attached hydrogen (secondary N) is 1. The SMILES string of the molecule is [2H][C@]1(NC(=O)[C@@H]2CCCc3ccccc32)CN2CCC1CC2. The van der Waals surface area contributed by atoms with Crippen LogP contribution in [0.1, 0.15) is 44.1 Å². The highest BCUT2D eigenvalue weighted by Gasteiger charge is 2.36. The van der Waals surface area contributed by atoms with Gasteiger partial charge in [-0.2, -0.15) is 0 Å². The van der Waals surface area contributed by atoms with Crippen LogP contribution in [-0.2, 0) is 11.2 Å². The van der Waals surface area contributed by atoms with Gasteiger partial charge in [0.05, 0.1) is 7.29 Å². The second-order valence-electron chi connectivity index (χ2n) is 6.71. The third kappa shape index (κ3) is 2.48. The molecule has 3 heterocycles. The van der Waals surface area contributed by atoms with Gasteiger partial charge in [-0.25, -0.2) is 0 Å². The molecule has 3 fully saturated rings. The van der Waals surface area contributed by atoms with E-state index in [0.717, 1.165) is 45.2 Å². The third-order valence-corrected chi connectivity index (χ3v) is 5.44. The number of rotatable bonds is 2. The maximum Gasteiger partial charge on any atom is 0.227 e. The van der Waals surface area contributed by atoms with E-state index in [2.05, 4.69) is 28.4 Å². The standard InChI is InChI=1S/C18H24N2O/c21-18(19-17-12-20-10-8-14(17)9-11-20)16-7-3-5-13-4-1-2-6-15(13)16/h1-2,4,6,14,16-17H,3,5,7-12H2,(H,19,21)/t16-,17+/m1/s1/i17D. The minimum atomic E-state index is -0.778. The molecule has 0 aromatic heterocycles. The van der Waals surface area contributed by atoms with Crippen molar-refractivity contribution < 1.29 is 6.17 Å². The van der Waals surface area contributed by atoms with Crippen molar-refractivity contribution in [2.45, 2.75) is 44.0 Å². The Bertz CT molecular complexity index is 582. The Balaban J connectivity index is 1.54. The van der Waals surface area contributed by atoms with E-state index in [0.29, 0.717) is 12.5 Å². The summed E-state index contributed by atoms with van der Waals surface area (Å²) in [5, 5.41) is 3.12. The fourth-order valence-electron chi connectivity index (χ4n) is 4.22. The fraction of sp³-hybridized carbons (Fsp3) is 0.611. The van der Waals surface area contributed by atoms with Crippen LogP contribution < -0.4 is 5.32 Å². The Morgan fingerprint density at radius 1 is 1.24 bits per heavy atom. The molecule has 1 aromatic carbocycles. The molecule has 0 spiro atoms. The number of amides is 1. The van der Waals surface area contributed by atoms with E-state index in [-0.39, 0.29) is 11.8 Å². The van der Waals surface area contributed by atoms with E-state index in [1.807, 2.05) is 6.07 Å². The lowest BCUT2D eigenvalue weighted by atomic mass is 9.80. The van der Waals surface area contributed by atoms with E-state index < -0.39 is 6.02 Å². The number of hydrogen-bond acceptors (Lipinski definition) is 2. The van der Waals surface area contributed by atoms with Crippen LogP contribution in [0.4, 0.5) is 0 Å². The predicted octanol–water partition coefficient (Wildman–Crippen LogP) is 2.32. The molecular formula is C18H24N2O. The molecule has 2 atom stereocenters. The lowest BCUT2D eigenvalue weighted by molar-refractivity contribution is -0.125. The maximum atomic E-state index is 12.9. The number of aryl methyl sites for hydroxylation is 1. The van der Waals surface area contributed by atoms with Gasteiger partial charge in [-0.15, -0.1) is 0 Å². The van der Waals surface area contributed by atoms with Gasteiger partial charge in [-0.1, -0.05) is 24.3 Å². The number of fused-ring (bicyclic) bond motifs is 4. The number of benzene rings is 1. The molecule has 1 aromatic rings. The second kappa shape index (κ2) is 5.45. The van der Waals surface area contributed by atoms with E-state index >= 15 is 0 Å². The van der Waals surface area contributed by atoms with Crippen LogP contribution in [0.25, 0.3) is 0 Å². The Labute approximate surface area is 128 Å². The molecule has 1 amide bonds. The molecule has 1 aliphatic carbocycles. The highest BCUT2D eigenvalue weighted by atomic mass is 16.2. The molecule has 0 unspecified atom stereocenters. The zero-order valence-electron chi connectivity index (χ0n) is 13.5. The van der Waals surface area contributed by atoms with Gasteiger partial charge >= 0.3 is 0 Å². The van der Waals surface area contributed by atoms with Crippen molar-refractivity contribution in [2.24, 2.45) is 5.92 Å². The predicted molar refractivity (Wildman–Crippen MR) is 83.2 cm³/mol. The first-order chi connectivity index (χ1) is 10.7. The van der Waals surface area contributed by atoms with Crippen molar-refractivity contribution in [3.8, 4) is 0 Å². The van der Waals surface area contributed by atoms with Gasteiger partial charge in [0.1, 0.15) is 0 Å². The van der Waals surface area contributed by atoms with E-state index in [4.69, 9.17) is 1.37 Å². The smallest absolute Gasteiger partial charge is 0.227 e. The average molecular weight is 285 g/mol. The second-order valence-corrected chi connectivity index (χ2v) is 6.71. The number of nitrogens with zero attached hydrogens (tertiary/aromatic N) is 1. The van der Waals surface area contributed by atoms with E-state index in [1.54, 1.807) is 0 Å². The molecule has 3 heteroatoms. The van der Waals surface area contributed by atoms with Crippen LogP contribution >= 0.6 is 0 Å². The van der Waals surface area contributed by atoms with Gasteiger partial charge in [-0.05, 0) is 62.2 Å². The lowest BCUT2D eigenvalue weighted by Gasteiger charge is -2.45. The molecule has 112 valence electrons. The quantitative estimate of drug-likeness (QED) is 0.904. The van der Waals surface area contributed by atoms with Crippen molar-refractivity contribution in [1.29, 1.82) is 0 Å². The lowest BCUT2D eigenvalue weighted by Crippen LogP contribution is -2.57. The highest BCUT2D eigenvalue weighted by molar-refractivity contribution is 5.84. The van der Waals surface area contributed by atoms with Crippen molar-refractivity contribution in [3.63, 3.8) is 0 Å². The fourth-order valence-corrected chi connectivity index (χ4v) is 4.22. The van der Waals surface area contributed by atoms with Crippen LogP contribution in [0.3, 0.4) is 0 Å². The van der Waals surface area contributed by atoms with Crippen molar-refractivity contribution in [1.82, 2.24) is 10.2 Å². The monoisotopic (exact) mass is 285 g/mol. The normalized spacial score (nSPS) is 38.5. The molecule has 3 nitrogen and oxygen atoms in total. The number of carbonyl (C=O) groups is 1. The molecule has 2 bridgehead atoms. The Morgan fingerprint density at radius 3 is 2.81 bits per heavy atom. The van der Waals surface area contributed by atoms with Crippen LogP contribution in [-0.4, -0.2) is 36.5 Å². The number of piperidine rings is 3. The number of hydrogen-bond donors (Lipinski definition) is 1. The summed E-state index contributed by atoms with van der Waals surface area (Å²) in [5.41, 5.74) is 2.48. The summed E-state index contributed by atoms with van der Waals surface area (Å²) in [5.74, 6) is 0.318. The zero-order chi connectivity index (χ0) is 15.2. The Morgan fingerprint density at radius 2 is 2.05 bits per heavy atom. The Hall–Kier alpha value is -1.35. The molecule has 0 radical (unpaired) electrons. The topological polar surface area (TPSA) is 32.3 Å². The molecule has 21 heavy (non-hydrogen) atoms. The van der Waals surface area contributed by atoms with Gasteiger partial charge in [0, 0.05) is 12.6 Å². The minimum Gasteiger partial charge on any atom is -0.351 e. The molecule has 0 saturated carbocycles. The van der Waals surface area contributed by atoms with Crippen molar-refractivity contribution in [3.05, 3.63) is 35.4 Å². The molecular weight excluding hydrogens is 260 g/mol. The van der Waals surface area contributed by atoms with Gasteiger partial charge in [0.25, 0.3) is 0 Å². The van der Waals surface area contributed by atoms with Gasteiger partial charge in [0.15, 0.2) is 0 Å². The summed E-state index contributed by atoms with van der Waals surface area (Å²) >= 11 is 0. The first-order valence-corrected chi connectivity index (χ1v) is 8.28. The summed E-state index contributed by atoms with van der Waals surface area (Å²) in [4.78, 5) is 15.2. The van der Waals surface area contributed by atoms with E-state index in [9.17, 15) is 4.79 Å². The highest BCUT2D eigenvalue weighted by Crippen LogP contribution is 2.33. The minimum absolute atomic E-state index is 0.0656. The van der Waals surface area contributed by atoms with Crippen molar-refractivity contribution >= 4 is 5.91 Å². The molecule has 3 saturated heterocycles. The third-order valence-electron chi connectivity index (χ3n) is 5.44. The summed E-state index contributed by atoms with van der Waals surface area (Å²) < 4.78 is 8.77. The zero-order valence-corrected chi connectivity index (χ0v) is 12.5. The summed E-state index contributed by atoms with van der Waals surface area (Å²) in [6.45, 7) is 2.87. The van der Waals surface area contributed by atoms with Gasteiger partial charge in [-0.3, -0.25) is 4.79 Å². The van der Waals surface area contributed by atoms with Crippen LogP contribution in [0.15, 0.2) is 24.3 Å². The summed E-state index contributed by atoms with van der Waals surface area (Å²) in [6.07, 6.45) is 5.14.